The van der Waals surface area contributed by atoms with Crippen molar-refractivity contribution in [3.63, 3.8) is 0 Å². The van der Waals surface area contributed by atoms with Crippen LogP contribution < -0.4 is 0 Å². The lowest BCUT2D eigenvalue weighted by molar-refractivity contribution is 0.207. The molecule has 1 aliphatic heterocycles. The molecule has 0 radical (unpaired) electrons. The molecule has 122 valence electrons. The minimum absolute atomic E-state index is 0.0512. The van der Waals surface area contributed by atoms with Crippen LogP contribution in [0.25, 0.3) is 11.4 Å². The number of nitrogens with zero attached hydrogens (tertiary/aromatic N) is 4. The summed E-state index contributed by atoms with van der Waals surface area (Å²) in [6, 6.07) is 3.65. The standard InChI is InChI=1S/C14H16N4O3S2/c1-2-7-18-13(10-3-5-15-6-4-10)16-17-14(18)22-12-9-23(20,21)8-11(12)19/h2-6,11-12,19H,1,7-9H2/t11-,12+/m0/s1. The Morgan fingerprint density at radius 3 is 2.70 bits per heavy atom. The van der Waals surface area contributed by atoms with E-state index in [0.717, 1.165) is 5.56 Å². The first-order valence-electron chi connectivity index (χ1n) is 7.00. The van der Waals surface area contributed by atoms with Gasteiger partial charge in [0, 0.05) is 24.5 Å². The summed E-state index contributed by atoms with van der Waals surface area (Å²) < 4.78 is 25.1. The predicted octanol–water partition coefficient (Wildman–Crippen LogP) is 0.776. The minimum atomic E-state index is -3.19. The summed E-state index contributed by atoms with van der Waals surface area (Å²) in [6.07, 6.45) is 4.17. The number of allylic oxidation sites excluding steroid dienone is 1. The quantitative estimate of drug-likeness (QED) is 0.794. The lowest BCUT2D eigenvalue weighted by Crippen LogP contribution is -2.20. The summed E-state index contributed by atoms with van der Waals surface area (Å²) in [5.41, 5.74) is 0.862. The molecule has 3 rings (SSSR count). The van der Waals surface area contributed by atoms with Crippen LogP contribution in [-0.4, -0.2) is 56.1 Å². The van der Waals surface area contributed by atoms with Crippen LogP contribution in [0.3, 0.4) is 0 Å². The normalized spacial score (nSPS) is 23.0. The zero-order chi connectivity index (χ0) is 16.4. The highest BCUT2D eigenvalue weighted by molar-refractivity contribution is 8.01. The molecule has 0 aliphatic carbocycles. The molecule has 0 amide bonds. The molecule has 0 saturated carbocycles. The Kier molecular flexibility index (Phi) is 4.51. The van der Waals surface area contributed by atoms with E-state index in [9.17, 15) is 13.5 Å². The van der Waals surface area contributed by atoms with E-state index >= 15 is 0 Å². The molecule has 2 aromatic rings. The number of aliphatic hydroxyl groups is 1. The summed E-state index contributed by atoms with van der Waals surface area (Å²) in [5.74, 6) is 0.409. The smallest absolute Gasteiger partial charge is 0.192 e. The average Bonchev–Trinajstić information content (AvgIpc) is 3.01. The second-order valence-corrected chi connectivity index (χ2v) is 8.60. The van der Waals surface area contributed by atoms with E-state index in [-0.39, 0.29) is 11.5 Å². The zero-order valence-electron chi connectivity index (χ0n) is 12.2. The number of rotatable bonds is 5. The third-order valence-electron chi connectivity index (χ3n) is 3.50. The summed E-state index contributed by atoms with van der Waals surface area (Å²) in [6.45, 7) is 4.23. The fourth-order valence-electron chi connectivity index (χ4n) is 2.43. The molecule has 2 atom stereocenters. The van der Waals surface area contributed by atoms with Gasteiger partial charge in [-0.05, 0) is 12.1 Å². The van der Waals surface area contributed by atoms with Gasteiger partial charge in [0.2, 0.25) is 0 Å². The van der Waals surface area contributed by atoms with Gasteiger partial charge in [-0.3, -0.25) is 9.55 Å². The zero-order valence-corrected chi connectivity index (χ0v) is 13.9. The highest BCUT2D eigenvalue weighted by Gasteiger charge is 2.38. The third kappa shape index (κ3) is 3.46. The lowest BCUT2D eigenvalue weighted by atomic mass is 10.2. The number of aliphatic hydroxyl groups excluding tert-OH is 1. The van der Waals surface area contributed by atoms with Crippen molar-refractivity contribution in [2.45, 2.75) is 23.1 Å². The maximum absolute atomic E-state index is 11.6. The molecule has 3 heterocycles. The van der Waals surface area contributed by atoms with Crippen LogP contribution in [0.5, 0.6) is 0 Å². The van der Waals surface area contributed by atoms with Crippen LogP contribution in [0.15, 0.2) is 42.3 Å². The van der Waals surface area contributed by atoms with Gasteiger partial charge in [0.1, 0.15) is 0 Å². The van der Waals surface area contributed by atoms with Crippen LogP contribution in [0.2, 0.25) is 0 Å². The van der Waals surface area contributed by atoms with Gasteiger partial charge in [-0.25, -0.2) is 8.42 Å². The SMILES string of the molecule is C=CCn1c(S[C@@H]2CS(=O)(=O)C[C@@H]2O)nnc1-c1ccncc1. The van der Waals surface area contributed by atoms with Gasteiger partial charge in [-0.1, -0.05) is 17.8 Å². The first kappa shape index (κ1) is 16.2. The Balaban J connectivity index is 1.91. The van der Waals surface area contributed by atoms with E-state index in [1.54, 1.807) is 18.5 Å². The van der Waals surface area contributed by atoms with Crippen molar-refractivity contribution < 1.29 is 13.5 Å². The van der Waals surface area contributed by atoms with Crippen molar-refractivity contribution in [2.24, 2.45) is 0 Å². The predicted molar refractivity (Wildman–Crippen MR) is 87.8 cm³/mol. The molecule has 0 spiro atoms. The van der Waals surface area contributed by atoms with Gasteiger partial charge in [0.05, 0.1) is 22.9 Å². The topological polar surface area (TPSA) is 98.0 Å². The molecule has 1 fully saturated rings. The van der Waals surface area contributed by atoms with Crippen LogP contribution in [0.1, 0.15) is 0 Å². The van der Waals surface area contributed by atoms with Crippen LogP contribution in [-0.2, 0) is 16.4 Å². The van der Waals surface area contributed by atoms with Gasteiger partial charge in [0.15, 0.2) is 20.8 Å². The Hall–Kier alpha value is -1.71. The third-order valence-corrected chi connectivity index (χ3v) is 6.72. The van der Waals surface area contributed by atoms with Gasteiger partial charge in [-0.15, -0.1) is 16.8 Å². The first-order valence-corrected chi connectivity index (χ1v) is 9.70. The molecule has 0 aromatic carbocycles. The van der Waals surface area contributed by atoms with E-state index in [1.807, 2.05) is 16.7 Å². The van der Waals surface area contributed by atoms with E-state index in [1.165, 1.54) is 11.8 Å². The Morgan fingerprint density at radius 1 is 1.35 bits per heavy atom. The summed E-state index contributed by atoms with van der Waals surface area (Å²) in [7, 11) is -3.19. The summed E-state index contributed by atoms with van der Waals surface area (Å²) in [5, 5.41) is 18.4. The maximum atomic E-state index is 11.6. The molecular formula is C14H16N4O3S2. The fraction of sp³-hybridized carbons (Fsp3) is 0.357. The molecule has 9 heteroatoms. The highest BCUT2D eigenvalue weighted by atomic mass is 32.2. The maximum Gasteiger partial charge on any atom is 0.192 e. The number of sulfone groups is 1. The van der Waals surface area contributed by atoms with Crippen molar-refractivity contribution in [2.75, 3.05) is 11.5 Å². The van der Waals surface area contributed by atoms with Crippen LogP contribution >= 0.6 is 11.8 Å². The summed E-state index contributed by atoms with van der Waals surface area (Å²) in [4.78, 5) is 3.98. The molecule has 1 N–H and O–H groups in total. The van der Waals surface area contributed by atoms with E-state index in [2.05, 4.69) is 21.8 Å². The minimum Gasteiger partial charge on any atom is -0.391 e. The molecule has 0 unspecified atom stereocenters. The van der Waals surface area contributed by atoms with Gasteiger partial charge in [-0.2, -0.15) is 0 Å². The molecule has 1 aliphatic rings. The molecule has 2 aromatic heterocycles. The number of pyridine rings is 1. The first-order chi connectivity index (χ1) is 11.0. The fourth-order valence-corrected chi connectivity index (χ4v) is 5.96. The number of hydrogen-bond acceptors (Lipinski definition) is 7. The van der Waals surface area contributed by atoms with E-state index in [4.69, 9.17) is 0 Å². The number of aromatic nitrogens is 4. The van der Waals surface area contributed by atoms with Gasteiger partial charge in [0.25, 0.3) is 0 Å². The van der Waals surface area contributed by atoms with E-state index in [0.29, 0.717) is 17.5 Å². The van der Waals surface area contributed by atoms with Crippen molar-refractivity contribution in [1.82, 2.24) is 19.7 Å². The van der Waals surface area contributed by atoms with Crippen molar-refractivity contribution in [3.05, 3.63) is 37.2 Å². The average molecular weight is 352 g/mol. The van der Waals surface area contributed by atoms with Crippen molar-refractivity contribution in [3.8, 4) is 11.4 Å². The second kappa shape index (κ2) is 6.42. The number of hydrogen-bond donors (Lipinski definition) is 1. The number of thioether (sulfide) groups is 1. The Bertz CT molecular complexity index is 805. The molecule has 1 saturated heterocycles. The van der Waals surface area contributed by atoms with Crippen LogP contribution in [0, 0.1) is 0 Å². The van der Waals surface area contributed by atoms with Crippen LogP contribution in [0.4, 0.5) is 0 Å². The van der Waals surface area contributed by atoms with Crippen molar-refractivity contribution >= 4 is 21.6 Å². The van der Waals surface area contributed by atoms with Crippen molar-refractivity contribution in [1.29, 1.82) is 0 Å². The largest absolute Gasteiger partial charge is 0.391 e. The highest BCUT2D eigenvalue weighted by Crippen LogP contribution is 2.32. The summed E-state index contributed by atoms with van der Waals surface area (Å²) >= 11 is 1.24. The van der Waals surface area contributed by atoms with Gasteiger partial charge >= 0.3 is 0 Å². The lowest BCUT2D eigenvalue weighted by Gasteiger charge is -2.13. The Morgan fingerprint density at radius 2 is 2.09 bits per heavy atom. The molecule has 0 bridgehead atoms. The molecule has 23 heavy (non-hydrogen) atoms. The second-order valence-electron chi connectivity index (χ2n) is 5.24. The Labute approximate surface area is 138 Å². The van der Waals surface area contributed by atoms with Gasteiger partial charge < -0.3 is 5.11 Å². The van der Waals surface area contributed by atoms with E-state index < -0.39 is 21.2 Å². The monoisotopic (exact) mass is 352 g/mol. The molecule has 7 nitrogen and oxygen atoms in total. The molecular weight excluding hydrogens is 336 g/mol.